The highest BCUT2D eigenvalue weighted by Crippen LogP contribution is 2.34. The highest BCUT2D eigenvalue weighted by Gasteiger charge is 2.18. The van der Waals surface area contributed by atoms with Crippen LogP contribution in [0.25, 0.3) is 0 Å². The molecule has 1 aliphatic rings. The first-order valence-corrected chi connectivity index (χ1v) is 4.65. The number of hydroxylamine groups is 1. The number of fused-ring (bicyclic) bond motifs is 1. The molecular weight excluding hydrogens is 201 g/mol. The molecule has 0 aliphatic carbocycles. The molecule has 0 aromatic heterocycles. The van der Waals surface area contributed by atoms with Crippen molar-refractivity contribution in [1.29, 1.82) is 0 Å². The lowest BCUT2D eigenvalue weighted by atomic mass is 10.2. The van der Waals surface area contributed by atoms with Gasteiger partial charge in [-0.3, -0.25) is 0 Å². The fourth-order valence-corrected chi connectivity index (χ4v) is 1.41. The van der Waals surface area contributed by atoms with Gasteiger partial charge in [0.15, 0.2) is 17.3 Å². The molecule has 1 aromatic carbocycles. The topological polar surface area (TPSA) is 39.7 Å². The molecule has 1 heterocycles. The summed E-state index contributed by atoms with van der Waals surface area (Å²) in [6.45, 7) is 1.13. The molecule has 0 amide bonds. The van der Waals surface area contributed by atoms with Gasteiger partial charge in [0.1, 0.15) is 13.2 Å². The first kappa shape index (κ1) is 10.2. The number of hydrogen-bond acceptors (Lipinski definition) is 4. The van der Waals surface area contributed by atoms with Gasteiger partial charge in [0, 0.05) is 12.1 Å². The van der Waals surface area contributed by atoms with E-state index in [9.17, 15) is 4.39 Å². The zero-order valence-corrected chi connectivity index (χ0v) is 8.38. The second-order valence-electron chi connectivity index (χ2n) is 3.09. The van der Waals surface area contributed by atoms with E-state index in [0.29, 0.717) is 31.1 Å². The van der Waals surface area contributed by atoms with E-state index in [1.165, 1.54) is 7.11 Å². The van der Waals surface area contributed by atoms with Gasteiger partial charge in [-0.15, -0.1) is 0 Å². The Morgan fingerprint density at radius 3 is 3.00 bits per heavy atom. The molecule has 1 N–H and O–H groups in total. The van der Waals surface area contributed by atoms with Crippen LogP contribution in [0.2, 0.25) is 0 Å². The first-order valence-electron chi connectivity index (χ1n) is 4.65. The van der Waals surface area contributed by atoms with Crippen molar-refractivity contribution < 1.29 is 18.7 Å². The molecule has 0 radical (unpaired) electrons. The highest BCUT2D eigenvalue weighted by atomic mass is 19.1. The third kappa shape index (κ3) is 2.03. The molecule has 0 fully saturated rings. The molecule has 1 aliphatic heterocycles. The summed E-state index contributed by atoms with van der Waals surface area (Å²) in [7, 11) is 1.48. The third-order valence-corrected chi connectivity index (χ3v) is 2.14. The Morgan fingerprint density at radius 1 is 1.40 bits per heavy atom. The Bertz CT molecular complexity index is 357. The van der Waals surface area contributed by atoms with Crippen LogP contribution in [0.15, 0.2) is 12.1 Å². The van der Waals surface area contributed by atoms with Gasteiger partial charge < -0.3 is 14.3 Å². The van der Waals surface area contributed by atoms with Gasteiger partial charge in [0.05, 0.1) is 7.11 Å². The largest absolute Gasteiger partial charge is 0.486 e. The van der Waals surface area contributed by atoms with E-state index in [4.69, 9.17) is 9.47 Å². The van der Waals surface area contributed by atoms with Gasteiger partial charge in [-0.25, -0.2) is 4.39 Å². The second-order valence-corrected chi connectivity index (χ2v) is 3.09. The number of hydrogen-bond donors (Lipinski definition) is 1. The molecule has 0 saturated heterocycles. The van der Waals surface area contributed by atoms with E-state index >= 15 is 0 Å². The zero-order valence-electron chi connectivity index (χ0n) is 8.38. The Kier molecular flexibility index (Phi) is 3.03. The van der Waals surface area contributed by atoms with E-state index in [2.05, 4.69) is 10.3 Å². The maximum absolute atomic E-state index is 13.8. The predicted octanol–water partition coefficient (Wildman–Crippen LogP) is 1.25. The monoisotopic (exact) mass is 213 g/mol. The van der Waals surface area contributed by atoms with Gasteiger partial charge in [0.2, 0.25) is 0 Å². The van der Waals surface area contributed by atoms with E-state index in [1.54, 1.807) is 12.1 Å². The maximum Gasteiger partial charge on any atom is 0.197 e. The molecule has 0 unspecified atom stereocenters. The molecule has 82 valence electrons. The fourth-order valence-electron chi connectivity index (χ4n) is 1.41. The Hall–Kier alpha value is -1.33. The van der Waals surface area contributed by atoms with Crippen LogP contribution in [0.1, 0.15) is 5.56 Å². The van der Waals surface area contributed by atoms with Crippen LogP contribution in [-0.4, -0.2) is 20.3 Å². The Balaban J connectivity index is 2.26. The van der Waals surface area contributed by atoms with Crippen molar-refractivity contribution >= 4 is 0 Å². The van der Waals surface area contributed by atoms with Crippen LogP contribution in [0, 0.1) is 5.82 Å². The molecule has 4 nitrogen and oxygen atoms in total. The minimum absolute atomic E-state index is 0.191. The predicted molar refractivity (Wildman–Crippen MR) is 51.2 cm³/mol. The van der Waals surface area contributed by atoms with Crippen LogP contribution in [0.3, 0.4) is 0 Å². The van der Waals surface area contributed by atoms with E-state index in [-0.39, 0.29) is 5.75 Å². The van der Waals surface area contributed by atoms with Crippen LogP contribution in [0.4, 0.5) is 4.39 Å². The second kappa shape index (κ2) is 4.46. The van der Waals surface area contributed by atoms with Gasteiger partial charge >= 0.3 is 0 Å². The molecule has 2 rings (SSSR count). The van der Waals surface area contributed by atoms with Crippen molar-refractivity contribution in [3.8, 4) is 11.5 Å². The van der Waals surface area contributed by atoms with Crippen molar-refractivity contribution in [1.82, 2.24) is 5.48 Å². The molecule has 0 atom stereocenters. The summed E-state index contributed by atoms with van der Waals surface area (Å²) in [5.74, 6) is 0.258. The van der Waals surface area contributed by atoms with Gasteiger partial charge in [0.25, 0.3) is 0 Å². The van der Waals surface area contributed by atoms with Crippen molar-refractivity contribution in [2.75, 3.05) is 20.3 Å². The lowest BCUT2D eigenvalue weighted by Gasteiger charge is -2.19. The van der Waals surface area contributed by atoms with Crippen LogP contribution >= 0.6 is 0 Å². The number of rotatable bonds is 3. The number of halogens is 1. The first-order chi connectivity index (χ1) is 7.33. The van der Waals surface area contributed by atoms with Crippen molar-refractivity contribution in [3.05, 3.63) is 23.5 Å². The Morgan fingerprint density at radius 2 is 2.20 bits per heavy atom. The molecule has 1 aromatic rings. The number of ether oxygens (including phenoxy) is 2. The fraction of sp³-hybridized carbons (Fsp3) is 0.400. The molecule has 15 heavy (non-hydrogen) atoms. The van der Waals surface area contributed by atoms with Crippen LogP contribution < -0.4 is 15.0 Å². The van der Waals surface area contributed by atoms with Crippen molar-refractivity contribution in [2.24, 2.45) is 0 Å². The quantitative estimate of drug-likeness (QED) is 0.767. The summed E-state index contributed by atoms with van der Waals surface area (Å²) in [6, 6.07) is 3.35. The van der Waals surface area contributed by atoms with E-state index in [0.717, 1.165) is 0 Å². The summed E-state index contributed by atoms with van der Waals surface area (Å²) in [5.41, 5.74) is 3.06. The molecule has 0 spiro atoms. The SMILES string of the molecule is CONCc1ccc2c(c1F)OCCO2. The molecule has 5 heteroatoms. The van der Waals surface area contributed by atoms with Crippen LogP contribution in [0.5, 0.6) is 11.5 Å². The summed E-state index contributed by atoms with van der Waals surface area (Å²) in [4.78, 5) is 4.66. The van der Waals surface area contributed by atoms with Gasteiger partial charge in [-0.05, 0) is 6.07 Å². The number of nitrogens with one attached hydrogen (secondary N) is 1. The average molecular weight is 213 g/mol. The van der Waals surface area contributed by atoms with E-state index in [1.807, 2.05) is 0 Å². The summed E-state index contributed by atoms with van der Waals surface area (Å²) in [6.07, 6.45) is 0. The standard InChI is InChI=1S/C10H12FNO3/c1-13-12-6-7-2-3-8-10(9(7)11)15-5-4-14-8/h2-3,12H,4-6H2,1H3. The lowest BCUT2D eigenvalue weighted by molar-refractivity contribution is 0.0854. The van der Waals surface area contributed by atoms with E-state index < -0.39 is 5.82 Å². The van der Waals surface area contributed by atoms with Crippen molar-refractivity contribution in [3.63, 3.8) is 0 Å². The summed E-state index contributed by atoms with van der Waals surface area (Å²) < 4.78 is 24.2. The maximum atomic E-state index is 13.8. The Labute approximate surface area is 86.9 Å². The molecular formula is C10H12FNO3. The van der Waals surface area contributed by atoms with Crippen LogP contribution in [-0.2, 0) is 11.4 Å². The van der Waals surface area contributed by atoms with Crippen molar-refractivity contribution in [2.45, 2.75) is 6.54 Å². The average Bonchev–Trinajstić information content (AvgIpc) is 2.29. The normalized spacial score (nSPS) is 14.0. The smallest absolute Gasteiger partial charge is 0.197 e. The third-order valence-electron chi connectivity index (χ3n) is 2.14. The molecule has 0 saturated carbocycles. The zero-order chi connectivity index (χ0) is 10.7. The highest BCUT2D eigenvalue weighted by molar-refractivity contribution is 5.45. The molecule has 0 bridgehead atoms. The summed E-state index contributed by atoms with van der Waals surface area (Å²) >= 11 is 0. The minimum atomic E-state index is -0.392. The van der Waals surface area contributed by atoms with Gasteiger partial charge in [-0.1, -0.05) is 6.07 Å². The van der Waals surface area contributed by atoms with Gasteiger partial charge in [-0.2, -0.15) is 5.48 Å². The minimum Gasteiger partial charge on any atom is -0.486 e. The lowest BCUT2D eigenvalue weighted by Crippen LogP contribution is -2.18. The number of benzene rings is 1. The summed E-state index contributed by atoms with van der Waals surface area (Å²) in [5, 5.41) is 0.